The number of likely N-dealkylation sites (N-methyl/N-ethyl adjacent to an activating group) is 1. The van der Waals surface area contributed by atoms with Crippen LogP contribution in [0.25, 0.3) is 0 Å². The number of aryl methyl sites for hydroxylation is 2. The molecule has 0 bridgehead atoms. The summed E-state index contributed by atoms with van der Waals surface area (Å²) in [5.41, 5.74) is 3.37. The zero-order chi connectivity index (χ0) is 17.1. The number of likely N-dealkylation sites (tertiary alicyclic amines) is 1. The molecule has 0 radical (unpaired) electrons. The first-order valence-electron chi connectivity index (χ1n) is 8.41. The van der Waals surface area contributed by atoms with Crippen molar-refractivity contribution in [2.24, 2.45) is 0 Å². The highest BCUT2D eigenvalue weighted by Gasteiger charge is 2.29. The number of rotatable bonds is 5. The van der Waals surface area contributed by atoms with Gasteiger partial charge in [0.25, 0.3) is 0 Å². The van der Waals surface area contributed by atoms with Gasteiger partial charge in [-0.2, -0.15) is 5.10 Å². The van der Waals surface area contributed by atoms with Crippen molar-refractivity contribution in [3.8, 4) is 0 Å². The first kappa shape index (κ1) is 16.6. The van der Waals surface area contributed by atoms with E-state index in [2.05, 4.69) is 27.8 Å². The lowest BCUT2D eigenvalue weighted by Crippen LogP contribution is -2.37. The van der Waals surface area contributed by atoms with Crippen LogP contribution in [0.1, 0.15) is 29.4 Å². The summed E-state index contributed by atoms with van der Waals surface area (Å²) >= 11 is 0. The van der Waals surface area contributed by atoms with Crippen LogP contribution in [0.2, 0.25) is 0 Å². The van der Waals surface area contributed by atoms with Crippen LogP contribution in [0.3, 0.4) is 0 Å². The second-order valence-corrected chi connectivity index (χ2v) is 6.68. The Labute approximate surface area is 143 Å². The van der Waals surface area contributed by atoms with Gasteiger partial charge in [-0.15, -0.1) is 0 Å². The topological polar surface area (TPSA) is 54.3 Å². The molecule has 24 heavy (non-hydrogen) atoms. The maximum Gasteiger partial charge on any atom is 0.236 e. The van der Waals surface area contributed by atoms with Gasteiger partial charge in [-0.25, -0.2) is 0 Å². The van der Waals surface area contributed by atoms with E-state index in [-0.39, 0.29) is 5.91 Å². The van der Waals surface area contributed by atoms with Crippen LogP contribution in [0.15, 0.2) is 30.6 Å². The summed E-state index contributed by atoms with van der Waals surface area (Å²) in [6.45, 7) is 6.84. The molecule has 1 fully saturated rings. The summed E-state index contributed by atoms with van der Waals surface area (Å²) in [7, 11) is 1.98. The first-order valence-corrected chi connectivity index (χ1v) is 8.41. The molecule has 0 aromatic carbocycles. The number of hydrogen-bond donors (Lipinski definition) is 0. The number of carbonyl (C=O) groups is 1. The Morgan fingerprint density at radius 1 is 1.33 bits per heavy atom. The van der Waals surface area contributed by atoms with Gasteiger partial charge >= 0.3 is 0 Å². The van der Waals surface area contributed by atoms with Crippen LogP contribution in [-0.4, -0.2) is 57.2 Å². The Morgan fingerprint density at radius 3 is 2.75 bits per heavy atom. The first-order chi connectivity index (χ1) is 11.5. The molecule has 3 rings (SSSR count). The largest absolute Gasteiger partial charge is 0.339 e. The summed E-state index contributed by atoms with van der Waals surface area (Å²) < 4.78 is 2.07. The fourth-order valence-electron chi connectivity index (χ4n) is 3.37. The Balaban J connectivity index is 1.54. The van der Waals surface area contributed by atoms with Crippen molar-refractivity contribution in [1.29, 1.82) is 0 Å². The smallest absolute Gasteiger partial charge is 0.236 e. The Hall–Kier alpha value is -2.21. The molecule has 128 valence electrons. The SMILES string of the molecule is Cc1cc(C)n([C@H]2CCN(C(=O)CN(C)Cc3ccncc3)C2)n1. The quantitative estimate of drug-likeness (QED) is 0.840. The lowest BCUT2D eigenvalue weighted by Gasteiger charge is -2.22. The molecule has 1 atom stereocenters. The predicted molar refractivity (Wildman–Crippen MR) is 92.5 cm³/mol. The Morgan fingerprint density at radius 2 is 2.08 bits per heavy atom. The van der Waals surface area contributed by atoms with E-state index in [1.165, 1.54) is 11.3 Å². The van der Waals surface area contributed by atoms with E-state index in [9.17, 15) is 4.79 Å². The van der Waals surface area contributed by atoms with E-state index in [1.54, 1.807) is 12.4 Å². The Bertz CT molecular complexity index is 697. The van der Waals surface area contributed by atoms with Crippen molar-refractivity contribution in [2.45, 2.75) is 32.9 Å². The lowest BCUT2D eigenvalue weighted by atomic mass is 10.2. The van der Waals surface area contributed by atoms with Crippen molar-refractivity contribution in [3.05, 3.63) is 47.5 Å². The molecule has 0 unspecified atom stereocenters. The van der Waals surface area contributed by atoms with Gasteiger partial charge in [-0.05, 0) is 51.1 Å². The average Bonchev–Trinajstić information content (AvgIpc) is 3.14. The highest BCUT2D eigenvalue weighted by atomic mass is 16.2. The van der Waals surface area contributed by atoms with Gasteiger partial charge in [0.1, 0.15) is 0 Å². The summed E-state index contributed by atoms with van der Waals surface area (Å²) in [6, 6.07) is 6.35. The van der Waals surface area contributed by atoms with E-state index < -0.39 is 0 Å². The molecular formula is C18H25N5O. The summed E-state index contributed by atoms with van der Waals surface area (Å²) in [5, 5.41) is 4.57. The van der Waals surface area contributed by atoms with Crippen molar-refractivity contribution in [1.82, 2.24) is 24.6 Å². The zero-order valence-corrected chi connectivity index (χ0v) is 14.6. The molecule has 2 aromatic rings. The van der Waals surface area contributed by atoms with E-state index in [0.717, 1.165) is 31.7 Å². The maximum atomic E-state index is 12.6. The normalized spacial score (nSPS) is 17.7. The van der Waals surface area contributed by atoms with Crippen molar-refractivity contribution in [2.75, 3.05) is 26.7 Å². The van der Waals surface area contributed by atoms with E-state index in [4.69, 9.17) is 0 Å². The van der Waals surface area contributed by atoms with Gasteiger partial charge < -0.3 is 4.90 Å². The van der Waals surface area contributed by atoms with Gasteiger partial charge in [-0.1, -0.05) is 0 Å². The molecule has 1 aliphatic heterocycles. The number of aromatic nitrogens is 3. The van der Waals surface area contributed by atoms with E-state index in [1.807, 2.05) is 35.9 Å². The molecule has 0 N–H and O–H groups in total. The monoisotopic (exact) mass is 327 g/mol. The Kier molecular flexibility index (Phi) is 4.94. The highest BCUT2D eigenvalue weighted by Crippen LogP contribution is 2.23. The molecular weight excluding hydrogens is 302 g/mol. The lowest BCUT2D eigenvalue weighted by molar-refractivity contribution is -0.131. The second-order valence-electron chi connectivity index (χ2n) is 6.68. The van der Waals surface area contributed by atoms with Gasteiger partial charge in [-0.3, -0.25) is 19.4 Å². The number of nitrogens with zero attached hydrogens (tertiary/aromatic N) is 5. The number of hydrogen-bond acceptors (Lipinski definition) is 4. The molecule has 1 aliphatic rings. The summed E-state index contributed by atoms with van der Waals surface area (Å²) in [4.78, 5) is 20.6. The van der Waals surface area contributed by atoms with Crippen molar-refractivity contribution in [3.63, 3.8) is 0 Å². The fraction of sp³-hybridized carbons (Fsp3) is 0.500. The minimum Gasteiger partial charge on any atom is -0.339 e. The van der Waals surface area contributed by atoms with Crippen LogP contribution in [0.5, 0.6) is 0 Å². The molecule has 0 aliphatic carbocycles. The number of carbonyl (C=O) groups excluding carboxylic acids is 1. The van der Waals surface area contributed by atoms with Crippen LogP contribution >= 0.6 is 0 Å². The molecule has 1 saturated heterocycles. The number of pyridine rings is 1. The predicted octanol–water partition coefficient (Wildman–Crippen LogP) is 1.80. The standard InChI is InChI=1S/C18H25N5O/c1-14-10-15(2)23(20-14)17-6-9-22(12-17)18(24)13-21(3)11-16-4-7-19-8-5-16/h4-5,7-8,10,17H,6,9,11-13H2,1-3H3/t17-/m0/s1. The van der Waals surface area contributed by atoms with Crippen LogP contribution in [0, 0.1) is 13.8 Å². The van der Waals surface area contributed by atoms with Crippen molar-refractivity contribution >= 4 is 5.91 Å². The maximum absolute atomic E-state index is 12.6. The molecule has 0 saturated carbocycles. The highest BCUT2D eigenvalue weighted by molar-refractivity contribution is 5.78. The molecule has 1 amide bonds. The van der Waals surface area contributed by atoms with Crippen LogP contribution in [-0.2, 0) is 11.3 Å². The minimum absolute atomic E-state index is 0.190. The zero-order valence-electron chi connectivity index (χ0n) is 14.6. The third-order valence-electron chi connectivity index (χ3n) is 4.51. The van der Waals surface area contributed by atoms with Crippen LogP contribution in [0.4, 0.5) is 0 Å². The molecule has 2 aromatic heterocycles. The molecule has 6 heteroatoms. The van der Waals surface area contributed by atoms with Crippen molar-refractivity contribution < 1.29 is 4.79 Å². The van der Waals surface area contributed by atoms with Gasteiger partial charge in [0.05, 0.1) is 18.3 Å². The molecule has 3 heterocycles. The van der Waals surface area contributed by atoms with Gasteiger partial charge in [0.2, 0.25) is 5.91 Å². The van der Waals surface area contributed by atoms with E-state index >= 15 is 0 Å². The van der Waals surface area contributed by atoms with Gasteiger partial charge in [0, 0.05) is 37.7 Å². The summed E-state index contributed by atoms with van der Waals surface area (Å²) in [6.07, 6.45) is 4.54. The van der Waals surface area contributed by atoms with Gasteiger partial charge in [0.15, 0.2) is 0 Å². The molecule has 0 spiro atoms. The average molecular weight is 327 g/mol. The minimum atomic E-state index is 0.190. The fourth-order valence-corrected chi connectivity index (χ4v) is 3.37. The third-order valence-corrected chi connectivity index (χ3v) is 4.51. The molecule has 6 nitrogen and oxygen atoms in total. The number of amides is 1. The third kappa shape index (κ3) is 3.82. The van der Waals surface area contributed by atoms with E-state index in [0.29, 0.717) is 12.6 Å². The summed E-state index contributed by atoms with van der Waals surface area (Å²) in [5.74, 6) is 0.190. The van der Waals surface area contributed by atoms with Crippen LogP contribution < -0.4 is 0 Å². The second kappa shape index (κ2) is 7.13.